The molecule has 3 aromatic rings. The molecule has 1 N–H and O–H groups in total. The van der Waals surface area contributed by atoms with Crippen molar-refractivity contribution in [2.45, 2.75) is 26.3 Å². The highest BCUT2D eigenvalue weighted by Crippen LogP contribution is 2.28. The first kappa shape index (κ1) is 20.9. The smallest absolute Gasteiger partial charge is 0.250 e. The maximum atomic E-state index is 12.9. The molecule has 3 rings (SSSR count). The van der Waals surface area contributed by atoms with Gasteiger partial charge in [-0.05, 0) is 25.5 Å². The Balaban J connectivity index is 1.83. The number of nitrogens with one attached hydrogen (secondary N) is 1. The van der Waals surface area contributed by atoms with E-state index in [1.165, 1.54) is 11.3 Å². The molecule has 9 heteroatoms. The second-order valence-electron chi connectivity index (χ2n) is 6.59. The van der Waals surface area contributed by atoms with Crippen LogP contribution in [0.3, 0.4) is 0 Å². The van der Waals surface area contributed by atoms with Gasteiger partial charge in [0.2, 0.25) is 21.1 Å². The summed E-state index contributed by atoms with van der Waals surface area (Å²) in [5, 5.41) is 11.9. The predicted molar refractivity (Wildman–Crippen MR) is 117 cm³/mol. The van der Waals surface area contributed by atoms with Crippen molar-refractivity contribution in [2.24, 2.45) is 0 Å². The number of hydrogen-bond donors (Lipinski definition) is 1. The van der Waals surface area contributed by atoms with Gasteiger partial charge in [-0.2, -0.15) is 0 Å². The van der Waals surface area contributed by atoms with Gasteiger partial charge in [0, 0.05) is 5.56 Å². The third kappa shape index (κ3) is 4.99. The van der Waals surface area contributed by atoms with Gasteiger partial charge in [-0.3, -0.25) is 14.4 Å². The molecule has 29 heavy (non-hydrogen) atoms. The number of rotatable bonds is 7. The lowest BCUT2D eigenvalue weighted by Gasteiger charge is -2.29. The average Bonchev–Trinajstić information content (AvgIpc) is 3.14. The van der Waals surface area contributed by atoms with Crippen LogP contribution in [-0.4, -0.2) is 36.8 Å². The monoisotopic (exact) mass is 430 g/mol. The van der Waals surface area contributed by atoms with Gasteiger partial charge in [-0.25, -0.2) is 8.42 Å². The molecule has 0 aliphatic heterocycles. The summed E-state index contributed by atoms with van der Waals surface area (Å²) < 4.78 is 26.0. The number of nitrogens with zero attached hydrogens (tertiary/aromatic N) is 3. The largest absolute Gasteiger partial charge is 0.299 e. The molecule has 0 spiro atoms. The quantitative estimate of drug-likeness (QED) is 0.617. The van der Waals surface area contributed by atoms with Crippen molar-refractivity contribution in [3.8, 4) is 10.6 Å². The number of carbonyl (C=O) groups excluding carboxylic acids is 1. The zero-order chi connectivity index (χ0) is 21.0. The Kier molecular flexibility index (Phi) is 6.29. The van der Waals surface area contributed by atoms with Crippen LogP contribution in [0.5, 0.6) is 0 Å². The van der Waals surface area contributed by atoms with E-state index in [4.69, 9.17) is 0 Å². The molecule has 0 aliphatic carbocycles. The lowest BCUT2D eigenvalue weighted by molar-refractivity contribution is -0.117. The topological polar surface area (TPSA) is 92.3 Å². The Morgan fingerprint density at radius 1 is 1.10 bits per heavy atom. The number of para-hydroxylation sites is 1. The first-order chi connectivity index (χ1) is 13.8. The Bertz CT molecular complexity index is 1080. The SMILES string of the molecule is CC[C@@H](C(=O)Nc1nnc(-c2ccc(C)cc2)s1)N(c1ccccc1)S(C)(=O)=O. The van der Waals surface area contributed by atoms with E-state index >= 15 is 0 Å². The van der Waals surface area contributed by atoms with E-state index < -0.39 is 22.0 Å². The van der Waals surface area contributed by atoms with Gasteiger partial charge < -0.3 is 0 Å². The molecule has 1 aromatic heterocycles. The summed E-state index contributed by atoms with van der Waals surface area (Å²) in [7, 11) is -3.67. The molecule has 1 heterocycles. The molecular formula is C20H22N4O3S2. The van der Waals surface area contributed by atoms with Crippen molar-refractivity contribution in [3.05, 3.63) is 60.2 Å². The minimum Gasteiger partial charge on any atom is -0.299 e. The van der Waals surface area contributed by atoms with Crippen LogP contribution in [0.4, 0.5) is 10.8 Å². The summed E-state index contributed by atoms with van der Waals surface area (Å²) in [6.07, 6.45) is 1.40. The molecule has 0 fully saturated rings. The van der Waals surface area contributed by atoms with Crippen LogP contribution in [0.25, 0.3) is 10.6 Å². The minimum absolute atomic E-state index is 0.303. The van der Waals surface area contributed by atoms with E-state index in [0.717, 1.165) is 21.7 Å². The zero-order valence-corrected chi connectivity index (χ0v) is 18.0. The number of aromatic nitrogens is 2. The van der Waals surface area contributed by atoms with Crippen LogP contribution < -0.4 is 9.62 Å². The van der Waals surface area contributed by atoms with Crippen LogP contribution in [0.2, 0.25) is 0 Å². The molecule has 1 atom stereocenters. The Hall–Kier alpha value is -2.78. The highest BCUT2D eigenvalue weighted by atomic mass is 32.2. The van der Waals surface area contributed by atoms with E-state index in [1.54, 1.807) is 37.3 Å². The Morgan fingerprint density at radius 2 is 1.76 bits per heavy atom. The van der Waals surface area contributed by atoms with Crippen LogP contribution in [0.1, 0.15) is 18.9 Å². The number of sulfonamides is 1. The molecule has 152 valence electrons. The van der Waals surface area contributed by atoms with Crippen molar-refractivity contribution in [1.82, 2.24) is 10.2 Å². The molecule has 0 saturated heterocycles. The highest BCUT2D eigenvalue weighted by molar-refractivity contribution is 7.92. The van der Waals surface area contributed by atoms with Gasteiger partial charge in [-0.1, -0.05) is 66.3 Å². The summed E-state index contributed by atoms with van der Waals surface area (Å²) in [5.41, 5.74) is 2.48. The molecule has 0 bridgehead atoms. The first-order valence-electron chi connectivity index (χ1n) is 9.05. The number of hydrogen-bond acceptors (Lipinski definition) is 6. The molecule has 0 saturated carbocycles. The van der Waals surface area contributed by atoms with Crippen LogP contribution in [-0.2, 0) is 14.8 Å². The second kappa shape index (κ2) is 8.71. The summed E-state index contributed by atoms with van der Waals surface area (Å²) in [5.74, 6) is -0.451. The number of anilines is 2. The van der Waals surface area contributed by atoms with Crippen LogP contribution in [0.15, 0.2) is 54.6 Å². The highest BCUT2D eigenvalue weighted by Gasteiger charge is 2.32. The Labute approximate surface area is 174 Å². The fourth-order valence-corrected chi connectivity index (χ4v) is 4.87. The molecule has 2 aromatic carbocycles. The lowest BCUT2D eigenvalue weighted by Crippen LogP contribution is -2.46. The normalized spacial score (nSPS) is 12.4. The van der Waals surface area contributed by atoms with Gasteiger partial charge in [0.1, 0.15) is 11.0 Å². The third-order valence-electron chi connectivity index (χ3n) is 4.29. The van der Waals surface area contributed by atoms with Crippen molar-refractivity contribution in [1.29, 1.82) is 0 Å². The second-order valence-corrected chi connectivity index (χ2v) is 9.42. The van der Waals surface area contributed by atoms with Gasteiger partial charge in [-0.15, -0.1) is 10.2 Å². The standard InChI is InChI=1S/C20H22N4O3S2/c1-4-17(24(29(3,26)27)16-8-6-5-7-9-16)18(25)21-20-23-22-19(28-20)15-12-10-14(2)11-13-15/h5-13,17H,4H2,1-3H3,(H,21,23,25)/t17-/m0/s1. The van der Waals surface area contributed by atoms with Gasteiger partial charge in [0.25, 0.3) is 0 Å². The zero-order valence-electron chi connectivity index (χ0n) is 16.4. The molecular weight excluding hydrogens is 408 g/mol. The summed E-state index contributed by atoms with van der Waals surface area (Å²) >= 11 is 1.24. The summed E-state index contributed by atoms with van der Waals surface area (Å²) in [4.78, 5) is 12.9. The van der Waals surface area contributed by atoms with E-state index in [-0.39, 0.29) is 0 Å². The summed E-state index contributed by atoms with van der Waals surface area (Å²) in [6.45, 7) is 3.77. The average molecular weight is 431 g/mol. The number of benzene rings is 2. The maximum absolute atomic E-state index is 12.9. The van der Waals surface area contributed by atoms with Gasteiger partial charge >= 0.3 is 0 Å². The van der Waals surface area contributed by atoms with Gasteiger partial charge in [0.05, 0.1) is 11.9 Å². The van der Waals surface area contributed by atoms with E-state index in [0.29, 0.717) is 22.2 Å². The number of carbonyl (C=O) groups is 1. The molecule has 0 unspecified atom stereocenters. The Morgan fingerprint density at radius 3 is 2.34 bits per heavy atom. The van der Waals surface area contributed by atoms with Crippen molar-refractivity contribution in [3.63, 3.8) is 0 Å². The van der Waals surface area contributed by atoms with Crippen LogP contribution >= 0.6 is 11.3 Å². The fourth-order valence-electron chi connectivity index (χ4n) is 2.91. The van der Waals surface area contributed by atoms with Crippen molar-refractivity contribution >= 4 is 38.1 Å². The lowest BCUT2D eigenvalue weighted by atomic mass is 10.2. The molecule has 1 amide bonds. The predicted octanol–water partition coefficient (Wildman–Crippen LogP) is 3.70. The first-order valence-corrected chi connectivity index (χ1v) is 11.7. The maximum Gasteiger partial charge on any atom is 0.250 e. The number of amides is 1. The molecule has 7 nitrogen and oxygen atoms in total. The van der Waals surface area contributed by atoms with Crippen LogP contribution in [0, 0.1) is 6.92 Å². The van der Waals surface area contributed by atoms with Gasteiger partial charge in [0.15, 0.2) is 0 Å². The molecule has 0 radical (unpaired) electrons. The van der Waals surface area contributed by atoms with Crippen molar-refractivity contribution < 1.29 is 13.2 Å². The fraction of sp³-hybridized carbons (Fsp3) is 0.250. The van der Waals surface area contributed by atoms with Crippen molar-refractivity contribution in [2.75, 3.05) is 15.9 Å². The molecule has 0 aliphatic rings. The van der Waals surface area contributed by atoms with E-state index in [1.807, 2.05) is 31.2 Å². The van der Waals surface area contributed by atoms with E-state index in [2.05, 4.69) is 15.5 Å². The minimum atomic E-state index is -3.67. The third-order valence-corrected chi connectivity index (χ3v) is 6.36. The van der Waals surface area contributed by atoms with E-state index in [9.17, 15) is 13.2 Å². The summed E-state index contributed by atoms with van der Waals surface area (Å²) in [6, 6.07) is 15.5. The number of aryl methyl sites for hydroxylation is 1.